The van der Waals surface area contributed by atoms with Gasteiger partial charge in [-0.15, -0.1) is 0 Å². The predicted octanol–water partition coefficient (Wildman–Crippen LogP) is 1.35. The Hall–Kier alpha value is -0.760. The molecule has 0 spiro atoms. The zero-order valence-electron chi connectivity index (χ0n) is 5.83. The molecule has 0 aliphatic heterocycles. The van der Waals surface area contributed by atoms with Crippen molar-refractivity contribution in [3.63, 3.8) is 0 Å². The molecular formula is C7H12O2. The maximum atomic E-state index is 4.76. The van der Waals surface area contributed by atoms with Crippen molar-refractivity contribution in [3.8, 4) is 0 Å². The van der Waals surface area contributed by atoms with Gasteiger partial charge in [0.25, 0.3) is 0 Å². The van der Waals surface area contributed by atoms with Crippen molar-refractivity contribution in [3.05, 3.63) is 24.5 Å². The van der Waals surface area contributed by atoms with Gasteiger partial charge in [0.15, 0.2) is 0 Å². The molecule has 2 nitrogen and oxygen atoms in total. The summed E-state index contributed by atoms with van der Waals surface area (Å²) in [6.07, 6.45) is 7.17. The third kappa shape index (κ3) is 7.24. The van der Waals surface area contributed by atoms with Crippen LogP contribution in [0.2, 0.25) is 0 Å². The van der Waals surface area contributed by atoms with Gasteiger partial charge >= 0.3 is 0 Å². The maximum absolute atomic E-state index is 4.76. The molecule has 0 amide bonds. The highest BCUT2D eigenvalue weighted by atomic mass is 16.5. The molecule has 0 N–H and O–H groups in total. The van der Waals surface area contributed by atoms with Gasteiger partial charge in [-0.3, -0.25) is 0 Å². The van der Waals surface area contributed by atoms with Crippen LogP contribution in [0.1, 0.15) is 0 Å². The van der Waals surface area contributed by atoms with E-state index in [9.17, 15) is 0 Å². The van der Waals surface area contributed by atoms with Crippen molar-refractivity contribution in [1.29, 1.82) is 0 Å². The standard InChI is InChI=1S/C7H12O2/c1-8-6-4-3-5-7-9-2/h3-6H,7H2,1-2H3. The molecule has 0 aromatic carbocycles. The molecule has 2 heteroatoms. The van der Waals surface area contributed by atoms with E-state index in [1.165, 1.54) is 0 Å². The highest BCUT2D eigenvalue weighted by Gasteiger charge is 1.66. The largest absolute Gasteiger partial charge is 0.504 e. The second-order valence-corrected chi connectivity index (χ2v) is 1.45. The summed E-state index contributed by atoms with van der Waals surface area (Å²) in [7, 11) is 3.27. The smallest absolute Gasteiger partial charge is 0.0824 e. The summed E-state index contributed by atoms with van der Waals surface area (Å²) in [5, 5.41) is 0. The lowest BCUT2D eigenvalue weighted by molar-refractivity contribution is 0.234. The van der Waals surface area contributed by atoms with Crippen LogP contribution in [0.4, 0.5) is 0 Å². The SMILES string of the molecule is COC=CC=CCOC. The summed E-state index contributed by atoms with van der Waals surface area (Å²) in [4.78, 5) is 0. The minimum absolute atomic E-state index is 0.647. The summed E-state index contributed by atoms with van der Waals surface area (Å²) in [5.74, 6) is 0. The van der Waals surface area contributed by atoms with E-state index in [1.54, 1.807) is 26.6 Å². The molecule has 0 aromatic heterocycles. The topological polar surface area (TPSA) is 18.5 Å². The van der Waals surface area contributed by atoms with Crippen LogP contribution in [-0.4, -0.2) is 20.8 Å². The number of methoxy groups -OCH3 is 2. The summed E-state index contributed by atoms with van der Waals surface area (Å²) in [6, 6.07) is 0. The summed E-state index contributed by atoms with van der Waals surface area (Å²) >= 11 is 0. The van der Waals surface area contributed by atoms with Crippen LogP contribution >= 0.6 is 0 Å². The Kier molecular flexibility index (Phi) is 6.63. The van der Waals surface area contributed by atoms with E-state index in [2.05, 4.69) is 4.74 Å². The number of hydrogen-bond acceptors (Lipinski definition) is 2. The van der Waals surface area contributed by atoms with Gasteiger partial charge in [0.2, 0.25) is 0 Å². The maximum Gasteiger partial charge on any atom is 0.0824 e. The van der Waals surface area contributed by atoms with Crippen molar-refractivity contribution >= 4 is 0 Å². The average Bonchev–Trinajstić information content (AvgIpc) is 1.89. The molecule has 0 saturated carbocycles. The van der Waals surface area contributed by atoms with Crippen LogP contribution in [0.3, 0.4) is 0 Å². The highest BCUT2D eigenvalue weighted by Crippen LogP contribution is 1.77. The molecule has 0 aliphatic rings. The molecule has 0 atom stereocenters. The van der Waals surface area contributed by atoms with Crippen LogP contribution in [0.15, 0.2) is 24.5 Å². The quantitative estimate of drug-likeness (QED) is 0.420. The number of rotatable bonds is 4. The van der Waals surface area contributed by atoms with Gasteiger partial charge < -0.3 is 9.47 Å². The Bertz CT molecular complexity index is 95.1. The molecule has 0 radical (unpaired) electrons. The molecule has 0 heterocycles. The second-order valence-electron chi connectivity index (χ2n) is 1.45. The molecule has 0 unspecified atom stereocenters. The normalized spacial score (nSPS) is 11.3. The van der Waals surface area contributed by atoms with Crippen LogP contribution in [0.25, 0.3) is 0 Å². The van der Waals surface area contributed by atoms with Crippen LogP contribution in [-0.2, 0) is 9.47 Å². The molecule has 0 aliphatic carbocycles. The lowest BCUT2D eigenvalue weighted by atomic mass is 10.5. The Balaban J connectivity index is 3.13. The van der Waals surface area contributed by atoms with Gasteiger partial charge in [0.05, 0.1) is 20.0 Å². The fraction of sp³-hybridized carbons (Fsp3) is 0.429. The molecule has 9 heavy (non-hydrogen) atoms. The molecule has 52 valence electrons. The molecular weight excluding hydrogens is 116 g/mol. The summed E-state index contributed by atoms with van der Waals surface area (Å²) in [6.45, 7) is 0.647. The Labute approximate surface area is 55.8 Å². The summed E-state index contributed by atoms with van der Waals surface area (Å²) < 4.78 is 9.41. The van der Waals surface area contributed by atoms with E-state index in [1.807, 2.05) is 12.2 Å². The Morgan fingerprint density at radius 2 is 2.00 bits per heavy atom. The lowest BCUT2D eigenvalue weighted by Gasteiger charge is -1.84. The van der Waals surface area contributed by atoms with E-state index >= 15 is 0 Å². The first-order chi connectivity index (χ1) is 4.41. The molecule has 0 fully saturated rings. The third-order valence-corrected chi connectivity index (χ3v) is 0.725. The zero-order valence-corrected chi connectivity index (χ0v) is 5.83. The molecule has 0 aromatic rings. The molecule has 0 saturated heterocycles. The lowest BCUT2D eigenvalue weighted by Crippen LogP contribution is -1.78. The van der Waals surface area contributed by atoms with Crippen molar-refractivity contribution in [2.75, 3.05) is 20.8 Å². The monoisotopic (exact) mass is 128 g/mol. The van der Waals surface area contributed by atoms with E-state index in [4.69, 9.17) is 4.74 Å². The van der Waals surface area contributed by atoms with Gasteiger partial charge in [0, 0.05) is 7.11 Å². The number of ether oxygens (including phenoxy) is 2. The summed E-state index contributed by atoms with van der Waals surface area (Å²) in [5.41, 5.74) is 0. The second kappa shape index (κ2) is 7.24. The van der Waals surface area contributed by atoms with E-state index in [-0.39, 0.29) is 0 Å². The van der Waals surface area contributed by atoms with Gasteiger partial charge in [-0.05, 0) is 6.08 Å². The van der Waals surface area contributed by atoms with Gasteiger partial charge in [-0.25, -0.2) is 0 Å². The van der Waals surface area contributed by atoms with Crippen molar-refractivity contribution < 1.29 is 9.47 Å². The van der Waals surface area contributed by atoms with E-state index < -0.39 is 0 Å². The van der Waals surface area contributed by atoms with Crippen molar-refractivity contribution in [1.82, 2.24) is 0 Å². The van der Waals surface area contributed by atoms with Gasteiger partial charge in [-0.1, -0.05) is 12.2 Å². The Morgan fingerprint density at radius 1 is 1.22 bits per heavy atom. The Morgan fingerprint density at radius 3 is 2.56 bits per heavy atom. The van der Waals surface area contributed by atoms with Crippen LogP contribution in [0, 0.1) is 0 Å². The average molecular weight is 128 g/mol. The third-order valence-electron chi connectivity index (χ3n) is 0.725. The van der Waals surface area contributed by atoms with Gasteiger partial charge in [-0.2, -0.15) is 0 Å². The first kappa shape index (κ1) is 8.24. The molecule has 0 rings (SSSR count). The van der Waals surface area contributed by atoms with Crippen molar-refractivity contribution in [2.24, 2.45) is 0 Å². The predicted molar refractivity (Wildman–Crippen MR) is 37.2 cm³/mol. The first-order valence-electron chi connectivity index (χ1n) is 2.75. The number of hydrogen-bond donors (Lipinski definition) is 0. The van der Waals surface area contributed by atoms with Crippen LogP contribution < -0.4 is 0 Å². The van der Waals surface area contributed by atoms with E-state index in [0.29, 0.717) is 6.61 Å². The fourth-order valence-corrected chi connectivity index (χ4v) is 0.354. The minimum Gasteiger partial charge on any atom is -0.504 e. The van der Waals surface area contributed by atoms with Crippen LogP contribution in [0.5, 0.6) is 0 Å². The molecule has 0 bridgehead atoms. The zero-order chi connectivity index (χ0) is 6.95. The van der Waals surface area contributed by atoms with Gasteiger partial charge in [0.1, 0.15) is 0 Å². The number of allylic oxidation sites excluding steroid dienone is 2. The fourth-order valence-electron chi connectivity index (χ4n) is 0.354. The first-order valence-corrected chi connectivity index (χ1v) is 2.75. The minimum atomic E-state index is 0.647. The highest BCUT2D eigenvalue weighted by molar-refractivity contribution is 4.99. The van der Waals surface area contributed by atoms with Crippen molar-refractivity contribution in [2.45, 2.75) is 0 Å². The van der Waals surface area contributed by atoms with E-state index in [0.717, 1.165) is 0 Å².